The maximum atomic E-state index is 12.9. The first kappa shape index (κ1) is 18.9. The predicted octanol–water partition coefficient (Wildman–Crippen LogP) is 2.27. The second-order valence-corrected chi connectivity index (χ2v) is 6.79. The normalized spacial score (nSPS) is 14.4. The number of imidazole rings is 1. The van der Waals surface area contributed by atoms with E-state index in [1.165, 1.54) is 6.92 Å². The van der Waals surface area contributed by atoms with Crippen molar-refractivity contribution in [3.63, 3.8) is 0 Å². The minimum absolute atomic E-state index is 0.0322. The Hall–Kier alpha value is -2.83. The van der Waals surface area contributed by atoms with Gasteiger partial charge in [0.15, 0.2) is 0 Å². The number of aromatic nitrogens is 2. The lowest BCUT2D eigenvalue weighted by atomic mass is 10.1. The minimum atomic E-state index is -0.463. The summed E-state index contributed by atoms with van der Waals surface area (Å²) in [6.07, 6.45) is 2.17. The summed E-state index contributed by atoms with van der Waals surface area (Å²) in [5.41, 5.74) is 2.89. The van der Waals surface area contributed by atoms with Crippen molar-refractivity contribution in [3.8, 4) is 17.1 Å². The van der Waals surface area contributed by atoms with Crippen molar-refractivity contribution in [1.82, 2.24) is 20.2 Å². The first-order chi connectivity index (χ1) is 13.0. The van der Waals surface area contributed by atoms with Crippen LogP contribution >= 0.6 is 0 Å². The maximum Gasteiger partial charge on any atom is 0.245 e. The third kappa shape index (κ3) is 4.30. The fourth-order valence-electron chi connectivity index (χ4n) is 3.40. The molecule has 0 spiro atoms. The average molecular weight is 370 g/mol. The number of amides is 2. The number of aromatic amines is 1. The monoisotopic (exact) mass is 370 g/mol. The molecule has 144 valence electrons. The second-order valence-electron chi connectivity index (χ2n) is 6.79. The zero-order chi connectivity index (χ0) is 19.4. The fourth-order valence-corrected chi connectivity index (χ4v) is 3.40. The highest BCUT2D eigenvalue weighted by Gasteiger charge is 2.29. The molecule has 7 nitrogen and oxygen atoms in total. The van der Waals surface area contributed by atoms with Crippen LogP contribution in [0.4, 0.5) is 0 Å². The Morgan fingerprint density at radius 1 is 1.41 bits per heavy atom. The topological polar surface area (TPSA) is 87.3 Å². The number of H-pyrrole nitrogens is 1. The summed E-state index contributed by atoms with van der Waals surface area (Å²) in [7, 11) is 1.64. The summed E-state index contributed by atoms with van der Waals surface area (Å²) in [6, 6.07) is 7.26. The summed E-state index contributed by atoms with van der Waals surface area (Å²) >= 11 is 0. The van der Waals surface area contributed by atoms with Crippen LogP contribution in [0.15, 0.2) is 24.3 Å². The summed E-state index contributed by atoms with van der Waals surface area (Å²) in [4.78, 5) is 34.1. The molecule has 1 aromatic heterocycles. The molecule has 2 amide bonds. The van der Waals surface area contributed by atoms with Crippen molar-refractivity contribution in [2.24, 2.45) is 0 Å². The van der Waals surface area contributed by atoms with E-state index in [9.17, 15) is 9.59 Å². The largest absolute Gasteiger partial charge is 0.497 e. The van der Waals surface area contributed by atoms with Gasteiger partial charge in [0.25, 0.3) is 0 Å². The third-order valence-corrected chi connectivity index (χ3v) is 4.74. The molecule has 0 radical (unpaired) electrons. The molecule has 0 saturated carbocycles. The lowest BCUT2D eigenvalue weighted by molar-refractivity contribution is -0.137. The average Bonchev–Trinajstić information content (AvgIpc) is 3.10. The first-order valence-electron chi connectivity index (χ1n) is 9.30. The standard InChI is InChI=1S/C20H26N4O3/c1-4-6-17(21-13(2)25)20(26)24-10-9-16-18(12-24)23-19(22-16)14-7-5-8-15(11-14)27-3/h5,7-8,11,17H,4,6,9-10,12H2,1-3H3,(H,21,25)(H,22,23). The van der Waals surface area contributed by atoms with Crippen LogP contribution in [-0.2, 0) is 22.6 Å². The zero-order valence-electron chi connectivity index (χ0n) is 16.0. The van der Waals surface area contributed by atoms with Gasteiger partial charge in [0.2, 0.25) is 11.8 Å². The van der Waals surface area contributed by atoms with E-state index in [-0.39, 0.29) is 11.8 Å². The number of nitrogens with zero attached hydrogens (tertiary/aromatic N) is 2. The Bertz CT molecular complexity index is 830. The number of hydrogen-bond acceptors (Lipinski definition) is 4. The van der Waals surface area contributed by atoms with Crippen molar-refractivity contribution < 1.29 is 14.3 Å². The van der Waals surface area contributed by atoms with Gasteiger partial charge in [0.1, 0.15) is 17.6 Å². The number of carbonyl (C=O) groups excluding carboxylic acids is 2. The molecule has 0 fully saturated rings. The van der Waals surface area contributed by atoms with Gasteiger partial charge in [-0.25, -0.2) is 4.98 Å². The minimum Gasteiger partial charge on any atom is -0.497 e. The zero-order valence-corrected chi connectivity index (χ0v) is 16.0. The Morgan fingerprint density at radius 3 is 2.93 bits per heavy atom. The van der Waals surface area contributed by atoms with E-state index in [1.807, 2.05) is 31.2 Å². The third-order valence-electron chi connectivity index (χ3n) is 4.74. The van der Waals surface area contributed by atoms with Crippen molar-refractivity contribution >= 4 is 11.8 Å². The van der Waals surface area contributed by atoms with Crippen LogP contribution in [0.2, 0.25) is 0 Å². The molecule has 1 unspecified atom stereocenters. The van der Waals surface area contributed by atoms with Crippen LogP contribution in [-0.4, -0.2) is 46.4 Å². The number of rotatable bonds is 6. The predicted molar refractivity (Wildman–Crippen MR) is 102 cm³/mol. The maximum absolute atomic E-state index is 12.9. The van der Waals surface area contributed by atoms with Crippen LogP contribution in [0.25, 0.3) is 11.4 Å². The Morgan fingerprint density at radius 2 is 2.22 bits per heavy atom. The fraction of sp³-hybridized carbons (Fsp3) is 0.450. The van der Waals surface area contributed by atoms with E-state index >= 15 is 0 Å². The second kappa shape index (κ2) is 8.24. The molecule has 3 rings (SSSR count). The lowest BCUT2D eigenvalue weighted by Gasteiger charge is -2.30. The molecule has 2 aromatic rings. The molecule has 0 saturated heterocycles. The summed E-state index contributed by atoms with van der Waals surface area (Å²) in [5, 5.41) is 2.78. The van der Waals surface area contributed by atoms with Gasteiger partial charge in [-0.15, -0.1) is 0 Å². The molecule has 1 aliphatic rings. The number of nitrogens with one attached hydrogen (secondary N) is 2. The van der Waals surface area contributed by atoms with Crippen LogP contribution in [0, 0.1) is 0 Å². The highest BCUT2D eigenvalue weighted by atomic mass is 16.5. The number of fused-ring (bicyclic) bond motifs is 1. The first-order valence-corrected chi connectivity index (χ1v) is 9.30. The van der Waals surface area contributed by atoms with Gasteiger partial charge in [-0.3, -0.25) is 9.59 Å². The quantitative estimate of drug-likeness (QED) is 0.817. The SMILES string of the molecule is CCCC(NC(C)=O)C(=O)N1CCc2nc(-c3cccc(OC)c3)[nH]c2C1. The summed E-state index contributed by atoms with van der Waals surface area (Å²) < 4.78 is 5.28. The smallest absolute Gasteiger partial charge is 0.245 e. The van der Waals surface area contributed by atoms with E-state index < -0.39 is 6.04 Å². The van der Waals surface area contributed by atoms with Crippen LogP contribution in [0.3, 0.4) is 0 Å². The van der Waals surface area contributed by atoms with Crippen LogP contribution in [0.1, 0.15) is 38.1 Å². The molecule has 1 aliphatic heterocycles. The number of methoxy groups -OCH3 is 1. The molecule has 1 aromatic carbocycles. The molecule has 0 aliphatic carbocycles. The van der Waals surface area contributed by atoms with E-state index in [0.717, 1.165) is 34.9 Å². The van der Waals surface area contributed by atoms with Crippen LogP contribution in [0.5, 0.6) is 5.75 Å². The summed E-state index contributed by atoms with van der Waals surface area (Å²) in [6.45, 7) is 4.53. The Balaban J connectivity index is 1.77. The number of carbonyl (C=O) groups is 2. The van der Waals surface area contributed by atoms with Crippen LogP contribution < -0.4 is 10.1 Å². The Kier molecular flexibility index (Phi) is 5.78. The van der Waals surface area contributed by atoms with E-state index in [0.29, 0.717) is 25.9 Å². The van der Waals surface area contributed by atoms with Crippen molar-refractivity contribution in [2.75, 3.05) is 13.7 Å². The molecule has 0 bridgehead atoms. The molecule has 7 heteroatoms. The van der Waals surface area contributed by atoms with E-state index in [2.05, 4.69) is 10.3 Å². The van der Waals surface area contributed by atoms with Gasteiger partial charge >= 0.3 is 0 Å². The number of ether oxygens (including phenoxy) is 1. The van der Waals surface area contributed by atoms with Crippen molar-refractivity contribution in [2.45, 2.75) is 45.7 Å². The molecular formula is C20H26N4O3. The van der Waals surface area contributed by atoms with Gasteiger partial charge in [-0.05, 0) is 18.6 Å². The lowest BCUT2D eigenvalue weighted by Crippen LogP contribution is -2.49. The van der Waals surface area contributed by atoms with E-state index in [4.69, 9.17) is 9.72 Å². The van der Waals surface area contributed by atoms with Gasteiger partial charge in [-0.2, -0.15) is 0 Å². The van der Waals surface area contributed by atoms with Gasteiger partial charge in [0.05, 0.1) is 25.0 Å². The van der Waals surface area contributed by atoms with Crippen molar-refractivity contribution in [1.29, 1.82) is 0 Å². The van der Waals surface area contributed by atoms with Gasteiger partial charge < -0.3 is 19.9 Å². The van der Waals surface area contributed by atoms with Crippen molar-refractivity contribution in [3.05, 3.63) is 35.7 Å². The number of benzene rings is 1. The highest BCUT2D eigenvalue weighted by Crippen LogP contribution is 2.25. The summed E-state index contributed by atoms with van der Waals surface area (Å²) in [5.74, 6) is 1.34. The van der Waals surface area contributed by atoms with Gasteiger partial charge in [-0.1, -0.05) is 25.5 Å². The van der Waals surface area contributed by atoms with E-state index in [1.54, 1.807) is 12.0 Å². The molecular weight excluding hydrogens is 344 g/mol. The highest BCUT2D eigenvalue weighted by molar-refractivity contribution is 5.87. The Labute approximate surface area is 159 Å². The molecule has 27 heavy (non-hydrogen) atoms. The molecule has 2 heterocycles. The molecule has 2 N–H and O–H groups in total. The molecule has 1 atom stereocenters. The van der Waals surface area contributed by atoms with Gasteiger partial charge in [0, 0.05) is 25.5 Å². The number of hydrogen-bond donors (Lipinski definition) is 2.